The van der Waals surface area contributed by atoms with E-state index in [1.807, 2.05) is 31.4 Å². The van der Waals surface area contributed by atoms with E-state index in [1.165, 1.54) is 4.31 Å². The fraction of sp³-hybridized carbons (Fsp3) is 0.389. The van der Waals surface area contributed by atoms with Crippen LogP contribution in [0.3, 0.4) is 0 Å². The van der Waals surface area contributed by atoms with E-state index in [4.69, 9.17) is 0 Å². The van der Waals surface area contributed by atoms with Crippen LogP contribution in [0.15, 0.2) is 40.6 Å². The first-order valence-electron chi connectivity index (χ1n) is 8.43. The van der Waals surface area contributed by atoms with Crippen LogP contribution < -0.4 is 4.90 Å². The second kappa shape index (κ2) is 7.27. The van der Waals surface area contributed by atoms with Gasteiger partial charge in [0.2, 0.25) is 15.9 Å². The Morgan fingerprint density at radius 1 is 1.24 bits per heavy atom. The third kappa shape index (κ3) is 3.49. The van der Waals surface area contributed by atoms with Crippen molar-refractivity contribution in [3.8, 4) is 0 Å². The summed E-state index contributed by atoms with van der Waals surface area (Å²) in [5.41, 5.74) is 1.76. The van der Waals surface area contributed by atoms with Crippen molar-refractivity contribution in [3.05, 3.63) is 46.2 Å². The zero-order chi connectivity index (χ0) is 18.0. The summed E-state index contributed by atoms with van der Waals surface area (Å²) < 4.78 is 26.8. The summed E-state index contributed by atoms with van der Waals surface area (Å²) in [5, 5.41) is 1.96. The van der Waals surface area contributed by atoms with E-state index in [1.54, 1.807) is 34.4 Å². The summed E-state index contributed by atoms with van der Waals surface area (Å²) in [7, 11) is -3.47. The lowest BCUT2D eigenvalue weighted by Gasteiger charge is -2.20. The average Bonchev–Trinajstić information content (AvgIpc) is 3.24. The topological polar surface area (TPSA) is 57.7 Å². The van der Waals surface area contributed by atoms with Crippen molar-refractivity contribution in [1.82, 2.24) is 4.31 Å². The zero-order valence-corrected chi connectivity index (χ0v) is 16.1. The van der Waals surface area contributed by atoms with Crippen molar-refractivity contribution < 1.29 is 13.2 Å². The predicted octanol–water partition coefficient (Wildman–Crippen LogP) is 2.91. The number of thiophene rings is 1. The molecule has 25 heavy (non-hydrogen) atoms. The van der Waals surface area contributed by atoms with Crippen molar-refractivity contribution >= 4 is 33.0 Å². The van der Waals surface area contributed by atoms with Gasteiger partial charge in [-0.05, 0) is 41.6 Å². The van der Waals surface area contributed by atoms with Gasteiger partial charge in [-0.15, -0.1) is 11.3 Å². The first-order valence-corrected chi connectivity index (χ1v) is 10.7. The molecule has 0 atom stereocenters. The van der Waals surface area contributed by atoms with Crippen LogP contribution in [0.4, 0.5) is 5.69 Å². The minimum Gasteiger partial charge on any atom is -0.312 e. The monoisotopic (exact) mass is 378 g/mol. The highest BCUT2D eigenvalue weighted by atomic mass is 32.2. The molecule has 0 N–H and O–H groups in total. The number of hydrogen-bond acceptors (Lipinski definition) is 4. The first-order chi connectivity index (χ1) is 12.0. The third-order valence-corrected chi connectivity index (χ3v) is 7.42. The Kier molecular flexibility index (Phi) is 5.27. The molecule has 2 aromatic rings. The number of hydrogen-bond donors (Lipinski definition) is 0. The fourth-order valence-electron chi connectivity index (χ4n) is 3.17. The average molecular weight is 379 g/mol. The molecule has 1 amide bonds. The number of carbonyl (C=O) groups excluding carboxylic acids is 1. The molecule has 0 spiro atoms. The number of benzene rings is 1. The highest BCUT2D eigenvalue weighted by Crippen LogP contribution is 2.31. The molecule has 0 aliphatic carbocycles. The van der Waals surface area contributed by atoms with Crippen LogP contribution in [-0.2, 0) is 27.7 Å². The smallest absolute Gasteiger partial charge is 0.243 e. The molecule has 0 unspecified atom stereocenters. The van der Waals surface area contributed by atoms with Crippen LogP contribution >= 0.6 is 11.3 Å². The maximum atomic E-state index is 12.7. The number of nitrogens with zero attached hydrogens (tertiary/aromatic N) is 2. The zero-order valence-electron chi connectivity index (χ0n) is 14.4. The summed E-state index contributed by atoms with van der Waals surface area (Å²) >= 11 is 1.57. The van der Waals surface area contributed by atoms with Crippen molar-refractivity contribution in [2.75, 3.05) is 24.5 Å². The quantitative estimate of drug-likeness (QED) is 0.777. The SMILES string of the molecule is CCN(CC)S(=O)(=O)c1ccc2c(c1)CCN2C(=O)Cc1cccs1. The summed E-state index contributed by atoms with van der Waals surface area (Å²) in [6.45, 7) is 5.16. The van der Waals surface area contributed by atoms with E-state index in [2.05, 4.69) is 0 Å². The maximum Gasteiger partial charge on any atom is 0.243 e. The lowest BCUT2D eigenvalue weighted by atomic mass is 10.2. The van der Waals surface area contributed by atoms with E-state index < -0.39 is 10.0 Å². The van der Waals surface area contributed by atoms with Gasteiger partial charge in [0.25, 0.3) is 0 Å². The Balaban J connectivity index is 1.84. The molecule has 0 saturated carbocycles. The Labute approximate surface area is 152 Å². The van der Waals surface area contributed by atoms with Gasteiger partial charge in [0.15, 0.2) is 0 Å². The van der Waals surface area contributed by atoms with Crippen LogP contribution in [0.25, 0.3) is 0 Å². The molecule has 1 aliphatic rings. The number of sulfonamides is 1. The van der Waals surface area contributed by atoms with E-state index in [-0.39, 0.29) is 5.91 Å². The Hall–Kier alpha value is -1.70. The van der Waals surface area contributed by atoms with Gasteiger partial charge in [0, 0.05) is 30.2 Å². The molecular formula is C18H22N2O3S2. The molecular weight excluding hydrogens is 356 g/mol. The molecule has 1 aliphatic heterocycles. The van der Waals surface area contributed by atoms with Crippen LogP contribution in [0.2, 0.25) is 0 Å². The van der Waals surface area contributed by atoms with Crippen LogP contribution in [0, 0.1) is 0 Å². The standard InChI is InChI=1S/C18H22N2O3S2/c1-3-19(4-2)25(22,23)16-7-8-17-14(12-16)9-10-20(17)18(21)13-15-6-5-11-24-15/h5-8,11-12H,3-4,9-10,13H2,1-2H3. The van der Waals surface area contributed by atoms with Gasteiger partial charge in [-0.3, -0.25) is 4.79 Å². The molecule has 0 bridgehead atoms. The second-order valence-electron chi connectivity index (χ2n) is 5.93. The highest BCUT2D eigenvalue weighted by molar-refractivity contribution is 7.89. The lowest BCUT2D eigenvalue weighted by molar-refractivity contribution is -0.117. The van der Waals surface area contributed by atoms with E-state index in [0.717, 1.165) is 16.1 Å². The maximum absolute atomic E-state index is 12.7. The summed E-state index contributed by atoms with van der Waals surface area (Å²) in [5.74, 6) is 0.0561. The number of fused-ring (bicyclic) bond motifs is 1. The number of carbonyl (C=O) groups is 1. The molecule has 134 valence electrons. The van der Waals surface area contributed by atoms with Crippen molar-refractivity contribution in [3.63, 3.8) is 0 Å². The largest absolute Gasteiger partial charge is 0.312 e. The van der Waals surface area contributed by atoms with Crippen molar-refractivity contribution in [2.24, 2.45) is 0 Å². The molecule has 3 rings (SSSR count). The Bertz CT molecular complexity index is 856. The van der Waals surface area contributed by atoms with Crippen LogP contribution in [-0.4, -0.2) is 38.3 Å². The number of amides is 1. The van der Waals surface area contributed by atoms with Crippen molar-refractivity contribution in [1.29, 1.82) is 0 Å². The van der Waals surface area contributed by atoms with Gasteiger partial charge in [0.1, 0.15) is 0 Å². The Morgan fingerprint density at radius 3 is 2.64 bits per heavy atom. The molecule has 0 fully saturated rings. The Morgan fingerprint density at radius 2 is 2.00 bits per heavy atom. The normalized spacial score (nSPS) is 14.1. The van der Waals surface area contributed by atoms with Gasteiger partial charge in [-0.1, -0.05) is 19.9 Å². The van der Waals surface area contributed by atoms with Gasteiger partial charge >= 0.3 is 0 Å². The van der Waals surface area contributed by atoms with E-state index in [0.29, 0.717) is 37.4 Å². The minimum atomic E-state index is -3.47. The molecule has 5 nitrogen and oxygen atoms in total. The fourth-order valence-corrected chi connectivity index (χ4v) is 5.37. The van der Waals surface area contributed by atoms with Gasteiger partial charge in [-0.2, -0.15) is 4.31 Å². The second-order valence-corrected chi connectivity index (χ2v) is 8.90. The first kappa shape index (κ1) is 18.1. The number of rotatable bonds is 6. The molecule has 0 radical (unpaired) electrons. The van der Waals surface area contributed by atoms with Crippen molar-refractivity contribution in [2.45, 2.75) is 31.6 Å². The predicted molar refractivity (Wildman–Crippen MR) is 101 cm³/mol. The highest BCUT2D eigenvalue weighted by Gasteiger charge is 2.28. The number of anilines is 1. The summed E-state index contributed by atoms with van der Waals surface area (Å²) in [4.78, 5) is 15.7. The van der Waals surface area contributed by atoms with E-state index >= 15 is 0 Å². The van der Waals surface area contributed by atoms with Gasteiger partial charge in [-0.25, -0.2) is 8.42 Å². The van der Waals surface area contributed by atoms with Crippen LogP contribution in [0.5, 0.6) is 0 Å². The van der Waals surface area contributed by atoms with E-state index in [9.17, 15) is 13.2 Å². The summed E-state index contributed by atoms with van der Waals surface area (Å²) in [6.07, 6.45) is 1.07. The van der Waals surface area contributed by atoms with Gasteiger partial charge in [0.05, 0.1) is 11.3 Å². The van der Waals surface area contributed by atoms with Gasteiger partial charge < -0.3 is 4.90 Å². The third-order valence-electron chi connectivity index (χ3n) is 4.50. The lowest BCUT2D eigenvalue weighted by Crippen LogP contribution is -2.31. The van der Waals surface area contributed by atoms with Crippen LogP contribution in [0.1, 0.15) is 24.3 Å². The molecule has 0 saturated heterocycles. The molecule has 2 heterocycles. The molecule has 1 aromatic carbocycles. The molecule has 1 aromatic heterocycles. The molecule has 7 heteroatoms. The summed E-state index contributed by atoms with van der Waals surface area (Å²) in [6, 6.07) is 9.00. The minimum absolute atomic E-state index is 0.0561.